The summed E-state index contributed by atoms with van der Waals surface area (Å²) in [6, 6.07) is 0.621. The molecule has 0 spiro atoms. The molecule has 2 N–H and O–H groups in total. The van der Waals surface area contributed by atoms with Crippen LogP contribution in [-0.4, -0.2) is 22.6 Å². The van der Waals surface area contributed by atoms with Crippen molar-refractivity contribution < 1.29 is 0 Å². The van der Waals surface area contributed by atoms with Crippen LogP contribution in [-0.2, 0) is 6.54 Å². The average Bonchev–Trinajstić information content (AvgIpc) is 2.64. The maximum Gasteiger partial charge on any atom is 0.147 e. The topological polar surface area (TPSA) is 55.0 Å². The van der Waals surface area contributed by atoms with Crippen molar-refractivity contribution in [3.05, 3.63) is 18.1 Å². The predicted octanol–water partition coefficient (Wildman–Crippen LogP) is 2.09. The van der Waals surface area contributed by atoms with Gasteiger partial charge in [0, 0.05) is 19.1 Å². The van der Waals surface area contributed by atoms with Crippen LogP contribution in [0.1, 0.15) is 44.7 Å². The van der Waals surface area contributed by atoms with Crippen molar-refractivity contribution in [2.24, 2.45) is 5.73 Å². The van der Waals surface area contributed by atoms with Gasteiger partial charge in [0.15, 0.2) is 0 Å². The Morgan fingerprint density at radius 3 is 2.82 bits per heavy atom. The molecule has 0 aromatic carbocycles. The summed E-state index contributed by atoms with van der Waals surface area (Å²) < 4.78 is 0. The van der Waals surface area contributed by atoms with E-state index in [1.807, 2.05) is 6.20 Å². The average molecular weight is 234 g/mol. The lowest BCUT2D eigenvalue weighted by atomic mass is 10.1. The molecule has 0 bridgehead atoms. The largest absolute Gasteiger partial charge is 0.352 e. The zero-order chi connectivity index (χ0) is 12.1. The van der Waals surface area contributed by atoms with Crippen LogP contribution in [0.5, 0.6) is 0 Å². The number of nitrogens with zero attached hydrogens (tertiary/aromatic N) is 3. The lowest BCUT2D eigenvalue weighted by Crippen LogP contribution is -2.35. The highest BCUT2D eigenvalue weighted by molar-refractivity contribution is 5.37. The van der Waals surface area contributed by atoms with Gasteiger partial charge >= 0.3 is 0 Å². The van der Waals surface area contributed by atoms with E-state index < -0.39 is 0 Å². The molecule has 1 unspecified atom stereocenters. The van der Waals surface area contributed by atoms with Crippen LogP contribution in [0.3, 0.4) is 0 Å². The third-order valence-corrected chi connectivity index (χ3v) is 3.54. The van der Waals surface area contributed by atoms with Crippen molar-refractivity contribution in [2.75, 3.05) is 11.4 Å². The number of anilines is 1. The van der Waals surface area contributed by atoms with Crippen LogP contribution >= 0.6 is 0 Å². The molecule has 2 heterocycles. The number of nitrogens with two attached hydrogens (primary N) is 1. The fourth-order valence-corrected chi connectivity index (χ4v) is 2.51. The molecular weight excluding hydrogens is 212 g/mol. The molecule has 0 aliphatic carbocycles. The van der Waals surface area contributed by atoms with E-state index in [9.17, 15) is 0 Å². The molecule has 1 atom stereocenters. The maximum atomic E-state index is 5.54. The van der Waals surface area contributed by atoms with Gasteiger partial charge in [0.2, 0.25) is 0 Å². The van der Waals surface area contributed by atoms with Crippen LogP contribution < -0.4 is 10.6 Å². The van der Waals surface area contributed by atoms with Gasteiger partial charge < -0.3 is 10.6 Å². The molecule has 4 heteroatoms. The van der Waals surface area contributed by atoms with E-state index in [0.29, 0.717) is 12.6 Å². The van der Waals surface area contributed by atoms with E-state index in [2.05, 4.69) is 21.8 Å². The third-order valence-electron chi connectivity index (χ3n) is 3.54. The first-order chi connectivity index (χ1) is 8.35. The Hall–Kier alpha value is -1.16. The number of aromatic nitrogens is 2. The first kappa shape index (κ1) is 12.3. The molecule has 94 valence electrons. The molecule has 1 aliphatic rings. The molecule has 0 amide bonds. The number of rotatable bonds is 3. The van der Waals surface area contributed by atoms with Crippen LogP contribution in [0.25, 0.3) is 0 Å². The summed E-state index contributed by atoms with van der Waals surface area (Å²) in [5.74, 6) is 1.01. The SMILES string of the molecule is CCC1CCCCCN1c1cnc(CN)cn1. The number of hydrogen-bond acceptors (Lipinski definition) is 4. The van der Waals surface area contributed by atoms with Crippen LogP contribution in [0.4, 0.5) is 5.82 Å². The maximum absolute atomic E-state index is 5.54. The van der Waals surface area contributed by atoms with Gasteiger partial charge in [-0.15, -0.1) is 0 Å². The first-order valence-electron chi connectivity index (χ1n) is 6.62. The Balaban J connectivity index is 2.16. The molecule has 0 saturated carbocycles. The fraction of sp³-hybridized carbons (Fsp3) is 0.692. The highest BCUT2D eigenvalue weighted by Crippen LogP contribution is 2.23. The van der Waals surface area contributed by atoms with E-state index in [1.54, 1.807) is 6.20 Å². The lowest BCUT2D eigenvalue weighted by molar-refractivity contribution is 0.551. The Morgan fingerprint density at radius 1 is 1.29 bits per heavy atom. The molecular formula is C13H22N4. The second-order valence-electron chi connectivity index (χ2n) is 4.67. The molecule has 2 rings (SSSR count). The Kier molecular flexibility index (Phi) is 4.31. The molecule has 1 saturated heterocycles. The number of hydrogen-bond donors (Lipinski definition) is 1. The minimum Gasteiger partial charge on any atom is -0.352 e. The van der Waals surface area contributed by atoms with E-state index >= 15 is 0 Å². The van der Waals surface area contributed by atoms with Crippen LogP contribution in [0.2, 0.25) is 0 Å². The second kappa shape index (κ2) is 5.96. The Labute approximate surface area is 103 Å². The summed E-state index contributed by atoms with van der Waals surface area (Å²) in [6.45, 7) is 3.82. The second-order valence-corrected chi connectivity index (χ2v) is 4.67. The van der Waals surface area contributed by atoms with Crippen molar-refractivity contribution in [1.82, 2.24) is 9.97 Å². The minimum atomic E-state index is 0.463. The van der Waals surface area contributed by atoms with Gasteiger partial charge in [0.25, 0.3) is 0 Å². The minimum absolute atomic E-state index is 0.463. The van der Waals surface area contributed by atoms with E-state index in [0.717, 1.165) is 18.1 Å². The monoisotopic (exact) mass is 234 g/mol. The highest BCUT2D eigenvalue weighted by Gasteiger charge is 2.20. The van der Waals surface area contributed by atoms with E-state index in [-0.39, 0.29) is 0 Å². The summed E-state index contributed by atoms with van der Waals surface area (Å²) in [5.41, 5.74) is 6.40. The van der Waals surface area contributed by atoms with Crippen LogP contribution in [0.15, 0.2) is 12.4 Å². The summed E-state index contributed by atoms with van der Waals surface area (Å²) in [7, 11) is 0. The smallest absolute Gasteiger partial charge is 0.147 e. The van der Waals surface area contributed by atoms with Gasteiger partial charge in [0.05, 0.1) is 18.1 Å². The highest BCUT2D eigenvalue weighted by atomic mass is 15.2. The van der Waals surface area contributed by atoms with Gasteiger partial charge in [0.1, 0.15) is 5.82 Å². The van der Waals surface area contributed by atoms with Crippen molar-refractivity contribution in [3.8, 4) is 0 Å². The molecule has 0 radical (unpaired) electrons. The molecule has 1 aromatic rings. The normalized spacial score (nSPS) is 21.3. The van der Waals surface area contributed by atoms with E-state index in [4.69, 9.17) is 5.73 Å². The quantitative estimate of drug-likeness (QED) is 0.870. The van der Waals surface area contributed by atoms with Gasteiger partial charge in [-0.1, -0.05) is 19.8 Å². The molecule has 1 aliphatic heterocycles. The Bertz CT molecular complexity index is 336. The summed E-state index contributed by atoms with van der Waals surface area (Å²) in [6.07, 6.45) is 10.1. The fourth-order valence-electron chi connectivity index (χ4n) is 2.51. The van der Waals surface area contributed by atoms with Gasteiger partial charge in [-0.2, -0.15) is 0 Å². The van der Waals surface area contributed by atoms with Crippen molar-refractivity contribution in [3.63, 3.8) is 0 Å². The zero-order valence-corrected chi connectivity index (χ0v) is 10.6. The van der Waals surface area contributed by atoms with Gasteiger partial charge in [-0.3, -0.25) is 4.98 Å². The zero-order valence-electron chi connectivity index (χ0n) is 10.6. The molecule has 4 nitrogen and oxygen atoms in total. The molecule has 1 fully saturated rings. The molecule has 17 heavy (non-hydrogen) atoms. The van der Waals surface area contributed by atoms with Crippen molar-refractivity contribution in [2.45, 2.75) is 51.6 Å². The van der Waals surface area contributed by atoms with E-state index in [1.165, 1.54) is 32.1 Å². The summed E-state index contributed by atoms with van der Waals surface area (Å²) in [5, 5.41) is 0. The van der Waals surface area contributed by atoms with Gasteiger partial charge in [-0.25, -0.2) is 4.98 Å². The summed E-state index contributed by atoms with van der Waals surface area (Å²) >= 11 is 0. The Morgan fingerprint density at radius 2 is 2.18 bits per heavy atom. The standard InChI is InChI=1S/C13H22N4/c1-2-12-6-4-3-5-7-17(12)13-10-15-11(8-14)9-16-13/h9-10,12H,2-8,14H2,1H3. The van der Waals surface area contributed by atoms with Crippen molar-refractivity contribution >= 4 is 5.82 Å². The predicted molar refractivity (Wildman–Crippen MR) is 69.8 cm³/mol. The first-order valence-corrected chi connectivity index (χ1v) is 6.62. The molecule has 1 aromatic heterocycles. The van der Waals surface area contributed by atoms with Crippen LogP contribution in [0, 0.1) is 0 Å². The lowest BCUT2D eigenvalue weighted by Gasteiger charge is -2.30. The third kappa shape index (κ3) is 2.94. The van der Waals surface area contributed by atoms with Crippen molar-refractivity contribution in [1.29, 1.82) is 0 Å². The summed E-state index contributed by atoms with van der Waals surface area (Å²) in [4.78, 5) is 11.3. The van der Waals surface area contributed by atoms with Gasteiger partial charge in [-0.05, 0) is 19.3 Å².